The number of ether oxygens (including phenoxy) is 2. The van der Waals surface area contributed by atoms with Crippen molar-refractivity contribution in [2.75, 3.05) is 17.8 Å². The van der Waals surface area contributed by atoms with Gasteiger partial charge in [-0.05, 0) is 24.6 Å². The molecule has 3 rings (SSSR count). The van der Waals surface area contributed by atoms with Crippen molar-refractivity contribution in [1.29, 1.82) is 0 Å². The van der Waals surface area contributed by atoms with Gasteiger partial charge in [0.2, 0.25) is 6.79 Å². The molecule has 0 radical (unpaired) electrons. The zero-order valence-electron chi connectivity index (χ0n) is 11.3. The molecule has 5 nitrogen and oxygen atoms in total. The highest BCUT2D eigenvalue weighted by atomic mass is 35.5. The van der Waals surface area contributed by atoms with Crippen LogP contribution in [0.5, 0.6) is 11.5 Å². The maximum atomic E-state index is 12.2. The van der Waals surface area contributed by atoms with Crippen molar-refractivity contribution in [2.24, 2.45) is 0 Å². The Morgan fingerprint density at radius 3 is 2.67 bits per heavy atom. The predicted octanol–water partition coefficient (Wildman–Crippen LogP) is 3.21. The highest BCUT2D eigenvalue weighted by Crippen LogP contribution is 2.38. The Hall–Kier alpha value is -2.40. The third kappa shape index (κ3) is 2.60. The number of rotatable bonds is 2. The summed E-state index contributed by atoms with van der Waals surface area (Å²) in [6.07, 6.45) is 0. The fraction of sp³-hybridized carbons (Fsp3) is 0.133. The minimum absolute atomic E-state index is 0.153. The van der Waals surface area contributed by atoms with E-state index >= 15 is 0 Å². The molecule has 108 valence electrons. The van der Waals surface area contributed by atoms with Gasteiger partial charge in [0, 0.05) is 22.7 Å². The molecule has 0 unspecified atom stereocenters. The van der Waals surface area contributed by atoms with Gasteiger partial charge in [0.05, 0.1) is 11.4 Å². The largest absolute Gasteiger partial charge is 0.454 e. The van der Waals surface area contributed by atoms with E-state index in [1.165, 1.54) is 0 Å². The predicted molar refractivity (Wildman–Crippen MR) is 81.1 cm³/mol. The lowest BCUT2D eigenvalue weighted by molar-refractivity contribution is 0.102. The zero-order valence-corrected chi connectivity index (χ0v) is 12.0. The lowest BCUT2D eigenvalue weighted by atomic mass is 10.1. The average Bonchev–Trinajstić information content (AvgIpc) is 2.89. The summed E-state index contributed by atoms with van der Waals surface area (Å²) in [5.74, 6) is 0.841. The standard InChI is InChI=1S/C15H13ClN2O3/c1-8-2-3-9(4-10(8)16)15(19)18-12-6-14-13(5-11(12)17)20-7-21-14/h2-6H,7,17H2,1H3,(H,18,19). The van der Waals surface area contributed by atoms with Gasteiger partial charge in [0.1, 0.15) is 0 Å². The average molecular weight is 305 g/mol. The van der Waals surface area contributed by atoms with Crippen LogP contribution in [0.4, 0.5) is 11.4 Å². The highest BCUT2D eigenvalue weighted by Gasteiger charge is 2.17. The number of nitrogens with two attached hydrogens (primary N) is 1. The number of amides is 1. The molecule has 0 spiro atoms. The van der Waals surface area contributed by atoms with Crippen LogP contribution in [0.15, 0.2) is 30.3 Å². The summed E-state index contributed by atoms with van der Waals surface area (Å²) >= 11 is 6.03. The minimum atomic E-state index is -0.289. The van der Waals surface area contributed by atoms with Gasteiger partial charge < -0.3 is 20.5 Å². The number of halogens is 1. The van der Waals surface area contributed by atoms with Gasteiger partial charge in [-0.1, -0.05) is 17.7 Å². The van der Waals surface area contributed by atoms with Crippen molar-refractivity contribution in [3.8, 4) is 11.5 Å². The lowest BCUT2D eigenvalue weighted by Gasteiger charge is -2.10. The smallest absolute Gasteiger partial charge is 0.255 e. The molecule has 1 aliphatic heterocycles. The summed E-state index contributed by atoms with van der Waals surface area (Å²) < 4.78 is 10.5. The van der Waals surface area contributed by atoms with Crippen molar-refractivity contribution >= 4 is 28.9 Å². The first-order chi connectivity index (χ1) is 10.0. The molecule has 1 heterocycles. The zero-order chi connectivity index (χ0) is 15.0. The number of hydrogen-bond donors (Lipinski definition) is 2. The summed E-state index contributed by atoms with van der Waals surface area (Å²) in [7, 11) is 0. The number of hydrogen-bond acceptors (Lipinski definition) is 4. The van der Waals surface area contributed by atoms with E-state index in [1.807, 2.05) is 6.92 Å². The summed E-state index contributed by atoms with van der Waals surface area (Å²) in [5.41, 5.74) is 8.15. The quantitative estimate of drug-likeness (QED) is 0.836. The highest BCUT2D eigenvalue weighted by molar-refractivity contribution is 6.31. The Morgan fingerprint density at radius 1 is 1.24 bits per heavy atom. The Morgan fingerprint density at radius 2 is 1.95 bits per heavy atom. The first kappa shape index (κ1) is 13.6. The molecule has 0 saturated carbocycles. The van der Waals surface area contributed by atoms with Gasteiger partial charge in [0.15, 0.2) is 11.5 Å². The van der Waals surface area contributed by atoms with Crippen LogP contribution in [0.25, 0.3) is 0 Å². The van der Waals surface area contributed by atoms with Crippen LogP contribution in [0.1, 0.15) is 15.9 Å². The topological polar surface area (TPSA) is 73.6 Å². The summed E-state index contributed by atoms with van der Waals surface area (Å²) in [6.45, 7) is 2.03. The minimum Gasteiger partial charge on any atom is -0.454 e. The van der Waals surface area contributed by atoms with Gasteiger partial charge in [-0.15, -0.1) is 0 Å². The fourth-order valence-electron chi connectivity index (χ4n) is 1.99. The van der Waals surface area contributed by atoms with Crippen LogP contribution in [-0.4, -0.2) is 12.7 Å². The molecule has 3 N–H and O–H groups in total. The van der Waals surface area contributed by atoms with E-state index in [4.69, 9.17) is 26.8 Å². The molecule has 2 aromatic rings. The molecular weight excluding hydrogens is 292 g/mol. The van der Waals surface area contributed by atoms with Crippen molar-refractivity contribution < 1.29 is 14.3 Å². The second-order valence-corrected chi connectivity index (χ2v) is 5.12. The summed E-state index contributed by atoms with van der Waals surface area (Å²) in [4.78, 5) is 12.2. The van der Waals surface area contributed by atoms with E-state index in [9.17, 15) is 4.79 Å². The number of carbonyl (C=O) groups is 1. The van der Waals surface area contributed by atoms with Crippen molar-refractivity contribution in [1.82, 2.24) is 0 Å². The van der Waals surface area contributed by atoms with Gasteiger partial charge in [-0.2, -0.15) is 0 Å². The summed E-state index contributed by atoms with van der Waals surface area (Å²) in [6, 6.07) is 8.39. The van der Waals surface area contributed by atoms with E-state index in [2.05, 4.69) is 5.32 Å². The Kier molecular flexibility index (Phi) is 3.35. The Balaban J connectivity index is 1.86. The third-order valence-electron chi connectivity index (χ3n) is 3.23. The van der Waals surface area contributed by atoms with E-state index < -0.39 is 0 Å². The maximum Gasteiger partial charge on any atom is 0.255 e. The second kappa shape index (κ2) is 5.18. The molecule has 1 aliphatic rings. The molecule has 21 heavy (non-hydrogen) atoms. The van der Waals surface area contributed by atoms with Crippen LogP contribution < -0.4 is 20.5 Å². The molecule has 0 atom stereocenters. The molecule has 0 aliphatic carbocycles. The number of carbonyl (C=O) groups excluding carboxylic acids is 1. The molecule has 0 bridgehead atoms. The van der Waals surface area contributed by atoms with Crippen molar-refractivity contribution in [3.05, 3.63) is 46.5 Å². The molecule has 0 fully saturated rings. The van der Waals surface area contributed by atoms with Crippen molar-refractivity contribution in [3.63, 3.8) is 0 Å². The van der Waals surface area contributed by atoms with Gasteiger partial charge in [-0.25, -0.2) is 0 Å². The first-order valence-corrected chi connectivity index (χ1v) is 6.69. The monoisotopic (exact) mass is 304 g/mol. The number of fused-ring (bicyclic) bond motifs is 1. The Labute approximate surface area is 126 Å². The first-order valence-electron chi connectivity index (χ1n) is 6.31. The van der Waals surface area contributed by atoms with Crippen LogP contribution in [0.3, 0.4) is 0 Å². The molecular formula is C15H13ClN2O3. The molecule has 1 amide bonds. The van der Waals surface area contributed by atoms with Gasteiger partial charge in [-0.3, -0.25) is 4.79 Å². The SMILES string of the molecule is Cc1ccc(C(=O)Nc2cc3c(cc2N)OCO3)cc1Cl. The van der Waals surface area contributed by atoms with Crippen LogP contribution in [-0.2, 0) is 0 Å². The van der Waals surface area contributed by atoms with E-state index in [0.29, 0.717) is 33.5 Å². The van der Waals surface area contributed by atoms with Crippen LogP contribution in [0.2, 0.25) is 5.02 Å². The number of nitrogen functional groups attached to an aromatic ring is 1. The number of anilines is 2. The van der Waals surface area contributed by atoms with Gasteiger partial charge >= 0.3 is 0 Å². The molecule has 0 saturated heterocycles. The lowest BCUT2D eigenvalue weighted by Crippen LogP contribution is -2.13. The molecule has 2 aromatic carbocycles. The van der Waals surface area contributed by atoms with E-state index in [-0.39, 0.29) is 12.7 Å². The maximum absolute atomic E-state index is 12.2. The van der Waals surface area contributed by atoms with E-state index in [0.717, 1.165) is 5.56 Å². The Bertz CT molecular complexity index is 731. The molecule has 6 heteroatoms. The summed E-state index contributed by atoms with van der Waals surface area (Å²) in [5, 5.41) is 3.29. The van der Waals surface area contributed by atoms with Crippen molar-refractivity contribution in [2.45, 2.75) is 6.92 Å². The number of benzene rings is 2. The van der Waals surface area contributed by atoms with Gasteiger partial charge in [0.25, 0.3) is 5.91 Å². The number of nitrogens with one attached hydrogen (secondary N) is 1. The van der Waals surface area contributed by atoms with E-state index in [1.54, 1.807) is 30.3 Å². The number of aryl methyl sites for hydroxylation is 1. The fourth-order valence-corrected chi connectivity index (χ4v) is 2.18. The third-order valence-corrected chi connectivity index (χ3v) is 3.63. The second-order valence-electron chi connectivity index (χ2n) is 4.71. The van der Waals surface area contributed by atoms with Crippen LogP contribution in [0, 0.1) is 6.92 Å². The normalized spacial score (nSPS) is 12.3. The van der Waals surface area contributed by atoms with Crippen LogP contribution >= 0.6 is 11.6 Å². The molecule has 0 aromatic heterocycles.